The van der Waals surface area contributed by atoms with Crippen LogP contribution < -0.4 is 5.69 Å². The molecule has 1 saturated heterocycles. The molecular formula is C17H19ClFN5O2. The summed E-state index contributed by atoms with van der Waals surface area (Å²) in [5, 5.41) is 4.85. The number of amides is 1. The summed E-state index contributed by atoms with van der Waals surface area (Å²) in [7, 11) is 0. The summed E-state index contributed by atoms with van der Waals surface area (Å²) < 4.78 is 16.2. The summed E-state index contributed by atoms with van der Waals surface area (Å²) in [6.07, 6.45) is 2.95. The molecule has 2 atom stereocenters. The Kier molecular flexibility index (Phi) is 4.52. The van der Waals surface area contributed by atoms with E-state index in [9.17, 15) is 14.0 Å². The molecule has 0 N–H and O–H groups in total. The maximum absolute atomic E-state index is 13.5. The Labute approximate surface area is 154 Å². The van der Waals surface area contributed by atoms with Gasteiger partial charge in [0.2, 0.25) is 5.91 Å². The van der Waals surface area contributed by atoms with Crippen LogP contribution in [0.15, 0.2) is 23.1 Å². The van der Waals surface area contributed by atoms with E-state index in [1.807, 2.05) is 0 Å². The Morgan fingerprint density at radius 2 is 2.23 bits per heavy atom. The quantitative estimate of drug-likeness (QED) is 0.811. The number of hydrogen-bond donors (Lipinski definition) is 0. The van der Waals surface area contributed by atoms with Crippen LogP contribution in [0.25, 0.3) is 0 Å². The van der Waals surface area contributed by atoms with Crippen LogP contribution in [0.4, 0.5) is 4.39 Å². The van der Waals surface area contributed by atoms with Crippen molar-refractivity contribution in [3.05, 3.63) is 45.4 Å². The molecule has 0 aliphatic carbocycles. The average molecular weight is 380 g/mol. The third kappa shape index (κ3) is 3.02. The zero-order valence-electron chi connectivity index (χ0n) is 14.1. The van der Waals surface area contributed by atoms with Gasteiger partial charge in [0.1, 0.15) is 18.0 Å². The monoisotopic (exact) mass is 379 g/mol. The second kappa shape index (κ2) is 6.83. The first kappa shape index (κ1) is 17.2. The van der Waals surface area contributed by atoms with E-state index >= 15 is 0 Å². The molecule has 1 amide bonds. The third-order valence-electron chi connectivity index (χ3n) is 4.99. The molecule has 0 unspecified atom stereocenters. The highest BCUT2D eigenvalue weighted by molar-refractivity contribution is 6.31. The predicted octanol–water partition coefficient (Wildman–Crippen LogP) is 1.59. The van der Waals surface area contributed by atoms with Gasteiger partial charge in [0.05, 0.1) is 23.8 Å². The number of rotatable bonds is 3. The fraction of sp³-hybridized carbons (Fsp3) is 0.529. The van der Waals surface area contributed by atoms with E-state index < -0.39 is 12.2 Å². The largest absolute Gasteiger partial charge is 0.347 e. The molecule has 9 heteroatoms. The van der Waals surface area contributed by atoms with Crippen LogP contribution in [0.3, 0.4) is 0 Å². The minimum absolute atomic E-state index is 0.108. The van der Waals surface area contributed by atoms with Gasteiger partial charge in [-0.25, -0.2) is 13.9 Å². The summed E-state index contributed by atoms with van der Waals surface area (Å²) in [6.45, 7) is 0.658. The molecule has 0 saturated carbocycles. The van der Waals surface area contributed by atoms with Crippen molar-refractivity contribution in [3.63, 3.8) is 0 Å². The van der Waals surface area contributed by atoms with Gasteiger partial charge in [-0.2, -0.15) is 5.10 Å². The van der Waals surface area contributed by atoms with Gasteiger partial charge in [-0.3, -0.25) is 14.3 Å². The number of carbonyl (C=O) groups is 1. The summed E-state index contributed by atoms with van der Waals surface area (Å²) in [4.78, 5) is 31.4. The highest BCUT2D eigenvalue weighted by Gasteiger charge is 2.36. The van der Waals surface area contributed by atoms with Gasteiger partial charge >= 0.3 is 5.69 Å². The number of nitrogens with zero attached hydrogens (tertiary/aromatic N) is 5. The summed E-state index contributed by atoms with van der Waals surface area (Å²) >= 11 is 6.12. The van der Waals surface area contributed by atoms with Crippen molar-refractivity contribution in [2.24, 2.45) is 0 Å². The van der Waals surface area contributed by atoms with E-state index in [1.165, 1.54) is 14.1 Å². The number of fused-ring (bicyclic) bond motifs is 1. The van der Waals surface area contributed by atoms with Crippen molar-refractivity contribution in [2.75, 3.05) is 13.1 Å². The van der Waals surface area contributed by atoms with Crippen LogP contribution in [0.2, 0.25) is 5.02 Å². The SMILES string of the molecule is O=C([C@@H]1CCCc2nn(Cc3ncccc3Cl)c(=O)n21)N1CC[C@H](F)C1. The van der Waals surface area contributed by atoms with Gasteiger partial charge in [-0.1, -0.05) is 11.6 Å². The molecule has 0 radical (unpaired) electrons. The van der Waals surface area contributed by atoms with E-state index in [2.05, 4.69) is 10.1 Å². The molecule has 0 bridgehead atoms. The van der Waals surface area contributed by atoms with Crippen LogP contribution in [0, 0.1) is 0 Å². The number of hydrogen-bond acceptors (Lipinski definition) is 4. The van der Waals surface area contributed by atoms with E-state index in [0.29, 0.717) is 42.3 Å². The number of carbonyl (C=O) groups excluding carboxylic acids is 1. The first-order valence-corrected chi connectivity index (χ1v) is 9.13. The Balaban J connectivity index is 1.64. The molecule has 138 valence electrons. The molecule has 2 aliphatic heterocycles. The number of aromatic nitrogens is 4. The highest BCUT2D eigenvalue weighted by atomic mass is 35.5. The van der Waals surface area contributed by atoms with E-state index in [-0.39, 0.29) is 24.7 Å². The zero-order chi connectivity index (χ0) is 18.3. The molecule has 2 aromatic heterocycles. The number of aryl methyl sites for hydroxylation is 1. The van der Waals surface area contributed by atoms with Crippen LogP contribution >= 0.6 is 11.6 Å². The fourth-order valence-corrected chi connectivity index (χ4v) is 3.85. The predicted molar refractivity (Wildman–Crippen MR) is 92.9 cm³/mol. The van der Waals surface area contributed by atoms with Crippen LogP contribution in [-0.4, -0.2) is 49.4 Å². The summed E-state index contributed by atoms with van der Waals surface area (Å²) in [6, 6.07) is 2.82. The smallest absolute Gasteiger partial charge is 0.338 e. The lowest BCUT2D eigenvalue weighted by molar-refractivity contribution is -0.134. The Morgan fingerprint density at radius 3 is 2.96 bits per heavy atom. The first-order valence-electron chi connectivity index (χ1n) is 8.75. The highest BCUT2D eigenvalue weighted by Crippen LogP contribution is 2.26. The maximum atomic E-state index is 13.5. The van der Waals surface area contributed by atoms with Gasteiger partial charge in [-0.05, 0) is 31.4 Å². The van der Waals surface area contributed by atoms with Crippen molar-refractivity contribution in [2.45, 2.75) is 44.4 Å². The lowest BCUT2D eigenvalue weighted by Crippen LogP contribution is -2.41. The lowest BCUT2D eigenvalue weighted by Gasteiger charge is -2.26. The van der Waals surface area contributed by atoms with E-state index in [4.69, 9.17) is 11.6 Å². The third-order valence-corrected chi connectivity index (χ3v) is 5.34. The van der Waals surface area contributed by atoms with Crippen molar-refractivity contribution >= 4 is 17.5 Å². The van der Waals surface area contributed by atoms with E-state index in [0.717, 1.165) is 6.42 Å². The Morgan fingerprint density at radius 1 is 1.38 bits per heavy atom. The van der Waals surface area contributed by atoms with Crippen LogP contribution in [0.1, 0.15) is 36.8 Å². The maximum Gasteiger partial charge on any atom is 0.347 e. The minimum atomic E-state index is -0.979. The molecule has 0 aromatic carbocycles. The second-order valence-electron chi connectivity index (χ2n) is 6.74. The van der Waals surface area contributed by atoms with Crippen LogP contribution in [-0.2, 0) is 17.8 Å². The molecule has 1 fully saturated rings. The number of likely N-dealkylation sites (tertiary alicyclic amines) is 1. The van der Waals surface area contributed by atoms with Gasteiger partial charge in [0, 0.05) is 19.2 Å². The number of halogens is 2. The van der Waals surface area contributed by atoms with Gasteiger partial charge in [0.25, 0.3) is 0 Å². The number of pyridine rings is 1. The lowest BCUT2D eigenvalue weighted by atomic mass is 10.0. The fourth-order valence-electron chi connectivity index (χ4n) is 3.67. The molecular weight excluding hydrogens is 361 g/mol. The zero-order valence-corrected chi connectivity index (χ0v) is 14.9. The minimum Gasteiger partial charge on any atom is -0.338 e. The Hall–Kier alpha value is -2.22. The topological polar surface area (TPSA) is 73.0 Å². The van der Waals surface area contributed by atoms with Crippen LogP contribution in [0.5, 0.6) is 0 Å². The molecule has 7 nitrogen and oxygen atoms in total. The standard InChI is InChI=1S/C17H19ClFN5O2/c18-12-3-2-7-20-13(12)10-23-17(26)24-14(4-1-5-15(24)21-23)16(25)22-8-6-11(19)9-22/h2-3,7,11,14H,1,4-6,8-10H2/t11-,14-/m0/s1. The van der Waals surface area contributed by atoms with Gasteiger partial charge < -0.3 is 4.90 Å². The second-order valence-corrected chi connectivity index (χ2v) is 7.14. The van der Waals surface area contributed by atoms with Crippen molar-refractivity contribution in [3.8, 4) is 0 Å². The first-order chi connectivity index (χ1) is 12.5. The van der Waals surface area contributed by atoms with Gasteiger partial charge in [-0.15, -0.1) is 0 Å². The summed E-state index contributed by atoms with van der Waals surface area (Å²) in [5.74, 6) is 0.395. The average Bonchev–Trinajstić information content (AvgIpc) is 3.20. The molecule has 0 spiro atoms. The van der Waals surface area contributed by atoms with Gasteiger partial charge in [0.15, 0.2) is 0 Å². The van der Waals surface area contributed by atoms with Crippen molar-refractivity contribution < 1.29 is 9.18 Å². The number of alkyl halides is 1. The molecule has 4 rings (SSSR count). The Bertz CT molecular complexity index is 896. The normalized spacial score (nSPS) is 22.5. The molecule has 26 heavy (non-hydrogen) atoms. The van der Waals surface area contributed by atoms with Crippen molar-refractivity contribution in [1.82, 2.24) is 24.2 Å². The molecule has 2 aromatic rings. The molecule has 4 heterocycles. The van der Waals surface area contributed by atoms with Crippen molar-refractivity contribution in [1.29, 1.82) is 0 Å². The summed E-state index contributed by atoms with van der Waals surface area (Å²) in [5.41, 5.74) is 0.199. The van der Waals surface area contributed by atoms with E-state index in [1.54, 1.807) is 18.3 Å². The molecule has 2 aliphatic rings.